The molecule has 0 saturated heterocycles. The summed E-state index contributed by atoms with van der Waals surface area (Å²) in [5.74, 6) is -1.04. The first kappa shape index (κ1) is 34.9. The third kappa shape index (κ3) is 12.8. The fourth-order valence-corrected chi connectivity index (χ4v) is 4.27. The van der Waals surface area contributed by atoms with E-state index in [0.717, 1.165) is 24.8 Å². The largest absolute Gasteiger partial charge is 0.466 e. The average Bonchev–Trinajstić information content (AvgIpc) is 2.86. The number of carbonyl (C=O) groups excluding carboxylic acids is 4. The number of alkyl carbamates (subject to hydrolysis) is 1. The van der Waals surface area contributed by atoms with Gasteiger partial charge in [-0.15, -0.1) is 0 Å². The van der Waals surface area contributed by atoms with Crippen LogP contribution in [0.15, 0.2) is 24.3 Å². The molecule has 0 saturated carbocycles. The lowest BCUT2D eigenvalue weighted by atomic mass is 9.97. The zero-order valence-electron chi connectivity index (χ0n) is 25.8. The molecular weight excluding hydrogens is 510 g/mol. The summed E-state index contributed by atoms with van der Waals surface area (Å²) in [5, 5.41) is 5.60. The Hall–Kier alpha value is -3.10. The van der Waals surface area contributed by atoms with Crippen LogP contribution in [-0.2, 0) is 30.3 Å². The third-order valence-electron chi connectivity index (χ3n) is 6.18. The van der Waals surface area contributed by atoms with Gasteiger partial charge in [0.15, 0.2) is 0 Å². The van der Waals surface area contributed by atoms with Crippen molar-refractivity contribution in [3.63, 3.8) is 0 Å². The summed E-state index contributed by atoms with van der Waals surface area (Å²) in [6, 6.07) is 5.83. The topological polar surface area (TPSA) is 114 Å². The summed E-state index contributed by atoms with van der Waals surface area (Å²) in [7, 11) is 0. The highest BCUT2D eigenvalue weighted by Gasteiger charge is 2.36. The van der Waals surface area contributed by atoms with Crippen LogP contribution in [0.4, 0.5) is 4.79 Å². The Bertz CT molecular complexity index is 939. The molecule has 1 aromatic rings. The van der Waals surface area contributed by atoms with Crippen LogP contribution in [0.2, 0.25) is 0 Å². The molecule has 3 amide bonds. The molecular formula is C31H51N3O6. The van der Waals surface area contributed by atoms with Gasteiger partial charge in [-0.05, 0) is 64.0 Å². The summed E-state index contributed by atoms with van der Waals surface area (Å²) in [6.07, 6.45) is 3.09. The minimum absolute atomic E-state index is 0.0288. The molecule has 0 aliphatic rings. The van der Waals surface area contributed by atoms with Crippen molar-refractivity contribution in [1.82, 2.24) is 15.5 Å². The lowest BCUT2D eigenvalue weighted by Crippen LogP contribution is -2.53. The first-order valence-corrected chi connectivity index (χ1v) is 14.6. The van der Waals surface area contributed by atoms with E-state index in [2.05, 4.69) is 17.6 Å². The highest BCUT2D eigenvalue weighted by Crippen LogP contribution is 2.25. The molecule has 9 heteroatoms. The molecule has 0 spiro atoms. The Kier molecular flexibility index (Phi) is 15.3. The Balaban J connectivity index is 3.44. The molecule has 0 bridgehead atoms. The molecule has 0 radical (unpaired) electrons. The molecule has 0 aliphatic carbocycles. The highest BCUT2D eigenvalue weighted by atomic mass is 16.6. The van der Waals surface area contributed by atoms with Crippen LogP contribution in [-0.4, -0.2) is 60.1 Å². The quantitative estimate of drug-likeness (QED) is 0.209. The second-order valence-electron chi connectivity index (χ2n) is 11.4. The number of rotatable bonds is 16. The van der Waals surface area contributed by atoms with E-state index in [1.54, 1.807) is 32.6 Å². The van der Waals surface area contributed by atoms with E-state index in [-0.39, 0.29) is 37.3 Å². The molecule has 1 rings (SSSR count). The van der Waals surface area contributed by atoms with E-state index in [4.69, 9.17) is 9.47 Å². The molecule has 9 nitrogen and oxygen atoms in total. The number of nitrogens with one attached hydrogen (secondary N) is 2. The minimum Gasteiger partial charge on any atom is -0.466 e. The Labute approximate surface area is 240 Å². The first-order chi connectivity index (χ1) is 18.8. The zero-order valence-corrected chi connectivity index (χ0v) is 25.8. The van der Waals surface area contributed by atoms with Crippen molar-refractivity contribution in [1.29, 1.82) is 0 Å². The molecule has 226 valence electrons. The number of carbonyl (C=O) groups is 4. The first-order valence-electron chi connectivity index (χ1n) is 14.6. The van der Waals surface area contributed by atoms with Crippen LogP contribution in [0, 0.1) is 5.92 Å². The number of aryl methyl sites for hydroxylation is 1. The number of hydrogen-bond acceptors (Lipinski definition) is 6. The lowest BCUT2D eigenvalue weighted by Gasteiger charge is -2.35. The number of benzene rings is 1. The van der Waals surface area contributed by atoms with Gasteiger partial charge < -0.3 is 25.0 Å². The van der Waals surface area contributed by atoms with Crippen LogP contribution >= 0.6 is 0 Å². The van der Waals surface area contributed by atoms with Gasteiger partial charge in [0.25, 0.3) is 0 Å². The van der Waals surface area contributed by atoms with Gasteiger partial charge in [0.1, 0.15) is 17.7 Å². The number of nitrogens with zero attached hydrogens (tertiary/aromatic N) is 1. The summed E-state index contributed by atoms with van der Waals surface area (Å²) in [5.41, 5.74) is 1.05. The molecule has 2 atom stereocenters. The molecule has 0 fully saturated rings. The van der Waals surface area contributed by atoms with E-state index >= 15 is 0 Å². The molecule has 2 N–H and O–H groups in total. The van der Waals surface area contributed by atoms with E-state index in [1.807, 2.05) is 45.0 Å². The van der Waals surface area contributed by atoms with Crippen LogP contribution in [0.25, 0.3) is 0 Å². The number of amides is 3. The van der Waals surface area contributed by atoms with E-state index in [1.165, 1.54) is 0 Å². The normalized spacial score (nSPS) is 12.8. The minimum atomic E-state index is -0.937. The van der Waals surface area contributed by atoms with Gasteiger partial charge in [0.2, 0.25) is 11.8 Å². The molecule has 40 heavy (non-hydrogen) atoms. The van der Waals surface area contributed by atoms with Crippen molar-refractivity contribution in [3.05, 3.63) is 35.4 Å². The smallest absolute Gasteiger partial charge is 0.408 e. The summed E-state index contributed by atoms with van der Waals surface area (Å²) in [4.78, 5) is 54.0. The van der Waals surface area contributed by atoms with Crippen LogP contribution in [0.5, 0.6) is 0 Å². The molecule has 1 aromatic carbocycles. The predicted molar refractivity (Wildman–Crippen MR) is 157 cm³/mol. The maximum Gasteiger partial charge on any atom is 0.408 e. The Morgan fingerprint density at radius 2 is 1.62 bits per heavy atom. The zero-order chi connectivity index (χ0) is 30.3. The summed E-state index contributed by atoms with van der Waals surface area (Å²) < 4.78 is 10.4. The van der Waals surface area contributed by atoms with Crippen molar-refractivity contribution in [2.45, 2.75) is 112 Å². The molecule has 0 heterocycles. The number of ether oxygens (including phenoxy) is 2. The maximum absolute atomic E-state index is 14.2. The van der Waals surface area contributed by atoms with Crippen LogP contribution in [0.1, 0.15) is 105 Å². The second kappa shape index (κ2) is 17.6. The van der Waals surface area contributed by atoms with Gasteiger partial charge in [0, 0.05) is 13.1 Å². The number of esters is 1. The van der Waals surface area contributed by atoms with Gasteiger partial charge in [-0.25, -0.2) is 4.79 Å². The predicted octanol–water partition coefficient (Wildman–Crippen LogP) is 5.32. The van der Waals surface area contributed by atoms with Gasteiger partial charge in [-0.3, -0.25) is 14.4 Å². The van der Waals surface area contributed by atoms with Gasteiger partial charge in [0.05, 0.1) is 13.0 Å². The van der Waals surface area contributed by atoms with Crippen LogP contribution in [0.3, 0.4) is 0 Å². The van der Waals surface area contributed by atoms with Crippen molar-refractivity contribution < 1.29 is 28.7 Å². The fraction of sp³-hybridized carbons (Fsp3) is 0.677. The Morgan fingerprint density at radius 1 is 0.975 bits per heavy atom. The van der Waals surface area contributed by atoms with Gasteiger partial charge >= 0.3 is 12.1 Å². The number of hydrogen-bond donors (Lipinski definition) is 2. The second-order valence-corrected chi connectivity index (χ2v) is 11.4. The fourth-order valence-electron chi connectivity index (χ4n) is 4.27. The highest BCUT2D eigenvalue weighted by molar-refractivity contribution is 5.92. The standard InChI is InChI=1S/C31H51N3O6/c1-9-12-13-20-34(29(37)25(21-22(4)5)33-30(38)40-31(6,7)8)27(24-16-14-23(10-2)15-17-24)28(36)32-19-18-26(35)39-11-3/h14-17,22,25,27H,9-13,18-21H2,1-8H3,(H,32,36)(H,33,38). The Morgan fingerprint density at radius 3 is 2.15 bits per heavy atom. The number of unbranched alkanes of at least 4 members (excludes halogenated alkanes) is 2. The van der Waals surface area contributed by atoms with Gasteiger partial charge in [-0.1, -0.05) is 64.8 Å². The van der Waals surface area contributed by atoms with Crippen molar-refractivity contribution in [2.75, 3.05) is 19.7 Å². The average molecular weight is 562 g/mol. The summed E-state index contributed by atoms with van der Waals surface area (Å²) in [6.45, 7) is 15.8. The van der Waals surface area contributed by atoms with Crippen LogP contribution < -0.4 is 10.6 Å². The molecule has 2 unspecified atom stereocenters. The molecule has 0 aliphatic heterocycles. The van der Waals surface area contributed by atoms with E-state index in [0.29, 0.717) is 24.9 Å². The molecule has 0 aromatic heterocycles. The van der Waals surface area contributed by atoms with E-state index in [9.17, 15) is 19.2 Å². The summed E-state index contributed by atoms with van der Waals surface area (Å²) >= 11 is 0. The maximum atomic E-state index is 14.2. The van der Waals surface area contributed by atoms with Crippen molar-refractivity contribution in [3.8, 4) is 0 Å². The van der Waals surface area contributed by atoms with Crippen molar-refractivity contribution >= 4 is 23.9 Å². The van der Waals surface area contributed by atoms with Crippen molar-refractivity contribution in [2.24, 2.45) is 5.92 Å². The lowest BCUT2D eigenvalue weighted by molar-refractivity contribution is -0.144. The van der Waals surface area contributed by atoms with Gasteiger partial charge in [-0.2, -0.15) is 0 Å². The monoisotopic (exact) mass is 561 g/mol. The SMILES string of the molecule is CCCCCN(C(=O)C(CC(C)C)NC(=O)OC(C)(C)C)C(C(=O)NCCC(=O)OCC)c1ccc(CC)cc1. The van der Waals surface area contributed by atoms with E-state index < -0.39 is 29.7 Å². The third-order valence-corrected chi connectivity index (χ3v) is 6.18.